The summed E-state index contributed by atoms with van der Waals surface area (Å²) >= 11 is 6.38. The third-order valence-corrected chi connectivity index (χ3v) is 9.63. The van der Waals surface area contributed by atoms with Crippen LogP contribution in [0.2, 0.25) is 5.02 Å². The van der Waals surface area contributed by atoms with E-state index in [2.05, 4.69) is 31.3 Å². The number of anilines is 1. The molecule has 1 aromatic carbocycles. The molecule has 7 rings (SSSR count). The number of halogens is 6. The Kier molecular flexibility index (Phi) is 7.67. The van der Waals surface area contributed by atoms with Crippen LogP contribution in [0.3, 0.4) is 0 Å². The van der Waals surface area contributed by atoms with Gasteiger partial charge >= 0.3 is 12.2 Å². The second-order valence-corrected chi connectivity index (χ2v) is 12.9. The van der Waals surface area contributed by atoms with Crippen LogP contribution in [-0.2, 0) is 13.2 Å². The minimum Gasteiger partial charge on any atom is -0.390 e. The second-order valence-electron chi connectivity index (χ2n) is 12.5. The molecular formula is C29H29ClF5N9O4. The monoisotopic (exact) mass is 697 g/mol. The zero-order valence-electron chi connectivity index (χ0n) is 25.1. The quantitative estimate of drug-likeness (QED) is 0.238. The number of nitrogens with one attached hydrogen (secondary N) is 4. The van der Waals surface area contributed by atoms with Crippen LogP contribution in [0.1, 0.15) is 39.1 Å². The first-order chi connectivity index (χ1) is 22.6. The first-order valence-electron chi connectivity index (χ1n) is 15.0. The minimum atomic E-state index is -4.95. The van der Waals surface area contributed by atoms with E-state index >= 15 is 0 Å². The van der Waals surface area contributed by atoms with Crippen molar-refractivity contribution in [2.45, 2.75) is 42.7 Å². The number of nitrogens with zero attached hydrogens (tertiary/aromatic N) is 5. The maximum absolute atomic E-state index is 13.7. The summed E-state index contributed by atoms with van der Waals surface area (Å²) in [5.74, 6) is -4.50. The number of likely N-dealkylation sites (tertiary alicyclic amines) is 1. The predicted molar refractivity (Wildman–Crippen MR) is 158 cm³/mol. The van der Waals surface area contributed by atoms with E-state index in [9.17, 15) is 41.4 Å². The number of piperidine rings is 1. The summed E-state index contributed by atoms with van der Waals surface area (Å²) in [6, 6.07) is 1.94. The number of β-amino-alcohol motifs (C(OH)–C–C–N with tert-alkyl or cyclic N) is 1. The van der Waals surface area contributed by atoms with Gasteiger partial charge in [-0.1, -0.05) is 11.6 Å². The highest BCUT2D eigenvalue weighted by molar-refractivity contribution is 6.34. The molecule has 13 nitrogen and oxygen atoms in total. The Morgan fingerprint density at radius 1 is 1.10 bits per heavy atom. The molecule has 3 aromatic rings. The Balaban J connectivity index is 0.967. The van der Waals surface area contributed by atoms with E-state index in [1.54, 1.807) is 4.90 Å². The van der Waals surface area contributed by atoms with Crippen molar-refractivity contribution >= 4 is 35.1 Å². The Morgan fingerprint density at radius 3 is 2.42 bits per heavy atom. The molecule has 0 radical (unpaired) electrons. The van der Waals surface area contributed by atoms with Gasteiger partial charge in [-0.2, -0.15) is 18.3 Å². The highest BCUT2D eigenvalue weighted by Gasteiger charge is 2.60. The molecule has 0 spiro atoms. The predicted octanol–water partition coefficient (Wildman–Crippen LogP) is 2.49. The number of urea groups is 1. The number of fused-ring (bicyclic) bond motifs is 1. The lowest BCUT2D eigenvalue weighted by atomic mass is 10.2. The molecular weight excluding hydrogens is 669 g/mol. The minimum absolute atomic E-state index is 0.0282. The summed E-state index contributed by atoms with van der Waals surface area (Å²) in [5.41, 5.74) is -1.72. The van der Waals surface area contributed by atoms with E-state index in [0.29, 0.717) is 30.9 Å². The van der Waals surface area contributed by atoms with Gasteiger partial charge in [-0.25, -0.2) is 18.6 Å². The van der Waals surface area contributed by atoms with E-state index < -0.39 is 53.7 Å². The molecule has 0 bridgehead atoms. The van der Waals surface area contributed by atoms with Crippen molar-refractivity contribution in [2.75, 3.05) is 31.5 Å². The lowest BCUT2D eigenvalue weighted by Gasteiger charge is -2.24. The number of alkyl halides is 5. The summed E-state index contributed by atoms with van der Waals surface area (Å²) in [5, 5.41) is 24.6. The van der Waals surface area contributed by atoms with Crippen LogP contribution in [0.4, 0.5) is 32.4 Å². The zero-order chi connectivity index (χ0) is 34.3. The summed E-state index contributed by atoms with van der Waals surface area (Å²) < 4.78 is 70.0. The van der Waals surface area contributed by atoms with E-state index in [-0.39, 0.29) is 57.7 Å². The van der Waals surface area contributed by atoms with Gasteiger partial charge in [-0.15, -0.1) is 0 Å². The van der Waals surface area contributed by atoms with Crippen LogP contribution in [0.5, 0.6) is 0 Å². The van der Waals surface area contributed by atoms with Crippen molar-refractivity contribution in [1.82, 2.24) is 40.2 Å². The van der Waals surface area contributed by atoms with Gasteiger partial charge in [-0.3, -0.25) is 14.3 Å². The first-order valence-corrected chi connectivity index (χ1v) is 15.4. The van der Waals surface area contributed by atoms with E-state index in [4.69, 9.17) is 11.6 Å². The molecule has 19 heteroatoms. The third kappa shape index (κ3) is 5.85. The number of amides is 4. The van der Waals surface area contributed by atoms with Gasteiger partial charge in [0.1, 0.15) is 6.04 Å². The van der Waals surface area contributed by atoms with Crippen molar-refractivity contribution in [3.05, 3.63) is 52.7 Å². The van der Waals surface area contributed by atoms with Crippen molar-refractivity contribution < 1.29 is 41.4 Å². The second kappa shape index (κ2) is 11.4. The van der Waals surface area contributed by atoms with Crippen molar-refractivity contribution in [1.29, 1.82) is 0 Å². The van der Waals surface area contributed by atoms with Crippen LogP contribution < -0.4 is 21.3 Å². The third-order valence-electron chi connectivity index (χ3n) is 9.32. The molecule has 256 valence electrons. The SMILES string of the molecule is Cn1c(-c2cn([C@H]3CC3(F)F)nc2C(F)(F)F)cnc1C(=O)Nc1ccc(C(=O)NC2[C@H]3CN(C(=O)N[C@@H]4CNCC4O)C[C@@H]23)c(Cl)c1. The fraction of sp³-hybridized carbons (Fsp3) is 0.483. The van der Waals surface area contributed by atoms with E-state index in [1.165, 1.54) is 25.2 Å². The number of aliphatic hydroxyl groups is 1. The largest absolute Gasteiger partial charge is 0.435 e. The molecule has 4 amide bonds. The number of hydrogen-bond acceptors (Lipinski definition) is 7. The van der Waals surface area contributed by atoms with Gasteiger partial charge in [0.2, 0.25) is 0 Å². The maximum Gasteiger partial charge on any atom is 0.435 e. The Labute approximate surface area is 273 Å². The van der Waals surface area contributed by atoms with Gasteiger partial charge in [0, 0.05) is 69.4 Å². The standard InChI is InChI=1S/C29H29ClF5N9O4/c1-42-19(16-11-44(21-5-28(21,31)32)41-23(16)29(33,34)35)7-37-24(42)26(47)38-12-2-3-13(17(30)4-12)25(46)40-22-14-9-43(10-15(14)22)27(48)39-18-6-36-8-20(18)45/h2-4,7,11,14-15,18,20-22,36,45H,5-6,8-10H2,1H3,(H,38,47)(H,39,48)(H,40,46)/t14-,15+,18-,20?,21+,22?/m1/s1. The number of aliphatic hydroxyl groups excluding tert-OH is 1. The normalized spacial score (nSPS) is 27.0. The molecule has 4 aliphatic rings. The smallest absolute Gasteiger partial charge is 0.390 e. The molecule has 2 aliphatic heterocycles. The molecule has 2 saturated heterocycles. The van der Waals surface area contributed by atoms with Crippen molar-refractivity contribution in [3.8, 4) is 11.3 Å². The van der Waals surface area contributed by atoms with Gasteiger partial charge < -0.3 is 35.8 Å². The summed E-state index contributed by atoms with van der Waals surface area (Å²) in [6.07, 6.45) is -4.32. The zero-order valence-corrected chi connectivity index (χ0v) is 25.8. The topological polar surface area (TPSA) is 158 Å². The fourth-order valence-corrected chi connectivity index (χ4v) is 6.73. The number of aromatic nitrogens is 4. The van der Waals surface area contributed by atoms with Gasteiger partial charge in [0.25, 0.3) is 17.7 Å². The summed E-state index contributed by atoms with van der Waals surface area (Å²) in [7, 11) is 1.30. The first kappa shape index (κ1) is 32.3. The number of hydrogen-bond donors (Lipinski definition) is 5. The summed E-state index contributed by atoms with van der Waals surface area (Å²) in [6.45, 7) is 1.83. The highest BCUT2D eigenvalue weighted by atomic mass is 35.5. The molecule has 6 atom stereocenters. The molecule has 2 aromatic heterocycles. The van der Waals surface area contributed by atoms with Gasteiger partial charge in [0.05, 0.1) is 40.2 Å². The van der Waals surface area contributed by atoms with Crippen LogP contribution >= 0.6 is 11.6 Å². The molecule has 5 N–H and O–H groups in total. The van der Waals surface area contributed by atoms with Gasteiger partial charge in [0.15, 0.2) is 11.5 Å². The fourth-order valence-electron chi connectivity index (χ4n) is 6.47. The molecule has 2 saturated carbocycles. The molecule has 4 fully saturated rings. The Morgan fingerprint density at radius 2 is 1.81 bits per heavy atom. The lowest BCUT2D eigenvalue weighted by Crippen LogP contribution is -2.49. The highest BCUT2D eigenvalue weighted by Crippen LogP contribution is 2.53. The van der Waals surface area contributed by atoms with Crippen LogP contribution in [-0.4, -0.2) is 97.5 Å². The Hall–Kier alpha value is -4.29. The number of carbonyl (C=O) groups excluding carboxylic acids is 3. The lowest BCUT2D eigenvalue weighted by molar-refractivity contribution is -0.141. The number of carbonyl (C=O) groups is 3. The number of imidazole rings is 1. The van der Waals surface area contributed by atoms with E-state index in [1.807, 2.05) is 0 Å². The van der Waals surface area contributed by atoms with Crippen molar-refractivity contribution in [3.63, 3.8) is 0 Å². The number of benzene rings is 1. The van der Waals surface area contributed by atoms with Crippen LogP contribution in [0.25, 0.3) is 11.3 Å². The van der Waals surface area contributed by atoms with E-state index in [0.717, 1.165) is 17.0 Å². The summed E-state index contributed by atoms with van der Waals surface area (Å²) in [4.78, 5) is 44.2. The van der Waals surface area contributed by atoms with Crippen LogP contribution in [0, 0.1) is 11.8 Å². The van der Waals surface area contributed by atoms with Crippen LogP contribution in [0.15, 0.2) is 30.6 Å². The van der Waals surface area contributed by atoms with Gasteiger partial charge in [-0.05, 0) is 18.2 Å². The average molecular weight is 698 g/mol. The molecule has 4 heterocycles. The molecule has 48 heavy (non-hydrogen) atoms. The maximum atomic E-state index is 13.7. The average Bonchev–Trinajstić information content (AvgIpc) is 3.46. The van der Waals surface area contributed by atoms with Crippen molar-refractivity contribution in [2.24, 2.45) is 18.9 Å². The molecule has 2 aliphatic carbocycles. The number of rotatable bonds is 7. The molecule has 2 unspecified atom stereocenters. The Bertz CT molecular complexity index is 1800.